The lowest BCUT2D eigenvalue weighted by molar-refractivity contribution is 0.203. The van der Waals surface area contributed by atoms with Crippen LogP contribution in [-0.2, 0) is 4.74 Å². The summed E-state index contributed by atoms with van der Waals surface area (Å²) >= 11 is 1.54. The zero-order valence-electron chi connectivity index (χ0n) is 11.5. The second-order valence-electron chi connectivity index (χ2n) is 5.00. The average molecular weight is 269 g/mol. The SMILES string of the molecule is CCC(C)N(CCOC)c1snc(N)c1C1CC1. The Morgan fingerprint density at radius 1 is 1.56 bits per heavy atom. The van der Waals surface area contributed by atoms with Crippen molar-refractivity contribution in [3.63, 3.8) is 0 Å². The van der Waals surface area contributed by atoms with Crippen LogP contribution in [0.5, 0.6) is 0 Å². The molecule has 2 rings (SSSR count). The van der Waals surface area contributed by atoms with E-state index in [9.17, 15) is 0 Å². The first kappa shape index (κ1) is 13.6. The van der Waals surface area contributed by atoms with E-state index in [1.807, 2.05) is 0 Å². The third-order valence-electron chi connectivity index (χ3n) is 3.64. The average Bonchev–Trinajstić information content (AvgIpc) is 3.14. The maximum atomic E-state index is 6.03. The summed E-state index contributed by atoms with van der Waals surface area (Å²) < 4.78 is 9.58. The largest absolute Gasteiger partial charge is 0.383 e. The van der Waals surface area contributed by atoms with Gasteiger partial charge in [0.2, 0.25) is 0 Å². The fourth-order valence-corrected chi connectivity index (χ4v) is 3.22. The molecule has 0 amide bonds. The minimum Gasteiger partial charge on any atom is -0.383 e. The molecular formula is C13H23N3OS. The molecule has 1 aliphatic rings. The zero-order chi connectivity index (χ0) is 13.1. The summed E-state index contributed by atoms with van der Waals surface area (Å²) in [6.07, 6.45) is 3.63. The Morgan fingerprint density at radius 3 is 2.83 bits per heavy atom. The number of hydrogen-bond acceptors (Lipinski definition) is 5. The molecule has 1 heterocycles. The molecule has 0 bridgehead atoms. The van der Waals surface area contributed by atoms with E-state index < -0.39 is 0 Å². The maximum absolute atomic E-state index is 6.03. The lowest BCUT2D eigenvalue weighted by atomic mass is 10.1. The first-order valence-corrected chi connectivity index (χ1v) is 7.47. The van der Waals surface area contributed by atoms with E-state index in [2.05, 4.69) is 23.1 Å². The van der Waals surface area contributed by atoms with Crippen molar-refractivity contribution in [3.05, 3.63) is 5.56 Å². The Morgan fingerprint density at radius 2 is 2.28 bits per heavy atom. The monoisotopic (exact) mass is 269 g/mol. The Hall–Kier alpha value is -0.810. The van der Waals surface area contributed by atoms with Gasteiger partial charge in [0, 0.05) is 25.3 Å². The molecule has 0 spiro atoms. The van der Waals surface area contributed by atoms with E-state index in [1.165, 1.54) is 23.4 Å². The number of anilines is 2. The number of nitrogens with two attached hydrogens (primary N) is 1. The normalized spacial score (nSPS) is 16.8. The lowest BCUT2D eigenvalue weighted by Gasteiger charge is -2.29. The second-order valence-corrected chi connectivity index (χ2v) is 5.76. The predicted octanol–water partition coefficient (Wildman–Crippen LogP) is 2.85. The standard InChI is InChI=1S/C13H23N3OS/c1-4-9(2)16(7-8-17-3)13-11(10-5-6-10)12(14)15-18-13/h9-10H,4-8H2,1-3H3,(H2,14,15). The molecule has 0 radical (unpaired) electrons. The highest BCUT2D eigenvalue weighted by atomic mass is 32.1. The van der Waals surface area contributed by atoms with Gasteiger partial charge in [0.05, 0.1) is 6.61 Å². The smallest absolute Gasteiger partial charge is 0.142 e. The third kappa shape index (κ3) is 2.78. The Balaban J connectivity index is 2.23. The van der Waals surface area contributed by atoms with Crippen LogP contribution in [0.15, 0.2) is 0 Å². The van der Waals surface area contributed by atoms with Crippen LogP contribution in [0.1, 0.15) is 44.6 Å². The third-order valence-corrected chi connectivity index (χ3v) is 4.56. The Kier molecular flexibility index (Phi) is 4.45. The first-order valence-electron chi connectivity index (χ1n) is 6.69. The molecule has 1 aromatic rings. The van der Waals surface area contributed by atoms with Gasteiger partial charge in [-0.25, -0.2) is 0 Å². The van der Waals surface area contributed by atoms with Gasteiger partial charge in [-0.1, -0.05) is 6.92 Å². The van der Waals surface area contributed by atoms with Crippen LogP contribution in [0, 0.1) is 0 Å². The summed E-state index contributed by atoms with van der Waals surface area (Å²) in [5.74, 6) is 1.39. The van der Waals surface area contributed by atoms with Gasteiger partial charge in [-0.15, -0.1) is 0 Å². The van der Waals surface area contributed by atoms with Crippen molar-refractivity contribution in [1.82, 2.24) is 4.37 Å². The van der Waals surface area contributed by atoms with Crippen molar-refractivity contribution >= 4 is 22.4 Å². The van der Waals surface area contributed by atoms with Crippen molar-refractivity contribution in [1.29, 1.82) is 0 Å². The van der Waals surface area contributed by atoms with Gasteiger partial charge in [0.1, 0.15) is 10.8 Å². The fourth-order valence-electron chi connectivity index (χ4n) is 2.20. The molecule has 1 atom stereocenters. The summed E-state index contributed by atoms with van der Waals surface area (Å²) in [4.78, 5) is 2.41. The lowest BCUT2D eigenvalue weighted by Crippen LogP contribution is -2.35. The predicted molar refractivity (Wildman–Crippen MR) is 77.5 cm³/mol. The minimum absolute atomic E-state index is 0.498. The molecule has 1 aromatic heterocycles. The molecule has 4 nitrogen and oxygen atoms in total. The quantitative estimate of drug-likeness (QED) is 0.827. The molecule has 1 fully saturated rings. The van der Waals surface area contributed by atoms with Crippen molar-refractivity contribution in [2.45, 2.75) is 45.1 Å². The van der Waals surface area contributed by atoms with Gasteiger partial charge in [0.25, 0.3) is 0 Å². The molecule has 102 valence electrons. The van der Waals surface area contributed by atoms with Gasteiger partial charge in [-0.2, -0.15) is 4.37 Å². The summed E-state index contributed by atoms with van der Waals surface area (Å²) in [6, 6.07) is 0.498. The van der Waals surface area contributed by atoms with E-state index in [0.29, 0.717) is 12.0 Å². The minimum atomic E-state index is 0.498. The molecular weight excluding hydrogens is 246 g/mol. The number of aromatic nitrogens is 1. The van der Waals surface area contributed by atoms with Crippen molar-refractivity contribution < 1.29 is 4.74 Å². The molecule has 1 unspecified atom stereocenters. The molecule has 0 saturated heterocycles. The van der Waals surface area contributed by atoms with Gasteiger partial charge >= 0.3 is 0 Å². The number of hydrogen-bond donors (Lipinski definition) is 1. The van der Waals surface area contributed by atoms with Crippen LogP contribution < -0.4 is 10.6 Å². The molecule has 18 heavy (non-hydrogen) atoms. The number of ether oxygens (including phenoxy) is 1. The topological polar surface area (TPSA) is 51.4 Å². The van der Waals surface area contributed by atoms with Crippen molar-refractivity contribution in [3.8, 4) is 0 Å². The van der Waals surface area contributed by atoms with Crippen LogP contribution in [0.25, 0.3) is 0 Å². The summed E-state index contributed by atoms with van der Waals surface area (Å²) in [5.41, 5.74) is 7.32. The molecule has 1 saturated carbocycles. The van der Waals surface area contributed by atoms with E-state index in [1.54, 1.807) is 18.6 Å². The zero-order valence-corrected chi connectivity index (χ0v) is 12.3. The van der Waals surface area contributed by atoms with Crippen LogP contribution in [0.2, 0.25) is 0 Å². The maximum Gasteiger partial charge on any atom is 0.142 e. The fraction of sp³-hybridized carbons (Fsp3) is 0.769. The number of rotatable bonds is 7. The van der Waals surface area contributed by atoms with Gasteiger partial charge in [0.15, 0.2) is 0 Å². The number of nitrogen functional groups attached to an aromatic ring is 1. The van der Waals surface area contributed by atoms with Gasteiger partial charge < -0.3 is 15.4 Å². The highest BCUT2D eigenvalue weighted by Crippen LogP contribution is 2.49. The first-order chi connectivity index (χ1) is 8.69. The molecule has 2 N–H and O–H groups in total. The second kappa shape index (κ2) is 5.89. The van der Waals surface area contributed by atoms with E-state index in [-0.39, 0.29) is 0 Å². The van der Waals surface area contributed by atoms with E-state index in [4.69, 9.17) is 10.5 Å². The van der Waals surface area contributed by atoms with Gasteiger partial charge in [-0.05, 0) is 43.6 Å². The summed E-state index contributed by atoms with van der Waals surface area (Å²) in [5, 5.41) is 1.27. The van der Waals surface area contributed by atoms with Gasteiger partial charge in [-0.3, -0.25) is 0 Å². The van der Waals surface area contributed by atoms with Crippen molar-refractivity contribution in [2.75, 3.05) is 30.9 Å². The summed E-state index contributed by atoms with van der Waals surface area (Å²) in [7, 11) is 1.75. The highest BCUT2D eigenvalue weighted by Gasteiger charge is 2.33. The van der Waals surface area contributed by atoms with E-state index >= 15 is 0 Å². The molecule has 0 aliphatic heterocycles. The highest BCUT2D eigenvalue weighted by molar-refractivity contribution is 7.10. The Bertz CT molecular complexity index is 390. The van der Waals surface area contributed by atoms with Crippen LogP contribution in [0.4, 0.5) is 10.8 Å². The molecule has 0 aromatic carbocycles. The van der Waals surface area contributed by atoms with E-state index in [0.717, 1.165) is 25.4 Å². The molecule has 5 heteroatoms. The number of methoxy groups -OCH3 is 1. The number of nitrogens with zero attached hydrogens (tertiary/aromatic N) is 2. The van der Waals surface area contributed by atoms with Crippen LogP contribution >= 0.6 is 11.5 Å². The molecule has 1 aliphatic carbocycles. The Labute approximate surface area is 113 Å². The van der Waals surface area contributed by atoms with Crippen LogP contribution in [-0.4, -0.2) is 30.7 Å². The summed E-state index contributed by atoms with van der Waals surface area (Å²) in [6.45, 7) is 6.12. The van der Waals surface area contributed by atoms with Crippen LogP contribution in [0.3, 0.4) is 0 Å². The van der Waals surface area contributed by atoms with Crippen molar-refractivity contribution in [2.24, 2.45) is 0 Å².